The van der Waals surface area contributed by atoms with Crippen LogP contribution in [-0.2, 0) is 23.8 Å². The van der Waals surface area contributed by atoms with E-state index in [2.05, 4.69) is 44.3 Å². The molecule has 1 rings (SSSR count). The van der Waals surface area contributed by atoms with Crippen molar-refractivity contribution in [3.05, 3.63) is 29.3 Å². The molecule has 0 spiro atoms. The lowest BCUT2D eigenvalue weighted by molar-refractivity contribution is 0.502. The minimum absolute atomic E-state index is 1.03. The molecule has 1 aromatic carbocycles. The van der Waals surface area contributed by atoms with Gasteiger partial charge in [0.2, 0.25) is 4.90 Å². The highest BCUT2D eigenvalue weighted by atomic mass is 32.9. The van der Waals surface area contributed by atoms with Crippen molar-refractivity contribution in [2.24, 2.45) is 0 Å². The fraction of sp³-hybridized carbons (Fsp3) is 0.824. The molecule has 1 aromatic rings. The second-order valence-electron chi connectivity index (χ2n) is 11.8. The van der Waals surface area contributed by atoms with Gasteiger partial charge >= 0.3 is 5.69 Å². The lowest BCUT2D eigenvalue weighted by Gasteiger charge is -2.10. The molecular weight excluding hydrogens is 535 g/mol. The summed E-state index contributed by atoms with van der Waals surface area (Å²) in [7, 11) is 1.17. The monoisotopic (exact) mass is 599 g/mol. The Morgan fingerprint density at radius 2 is 0.897 bits per heavy atom. The average molecular weight is 600 g/mol. The van der Waals surface area contributed by atoms with Crippen LogP contribution in [0, 0.1) is 0 Å². The molecule has 228 valence electrons. The average Bonchev–Trinajstić information content (AvgIpc) is 2.90. The molecule has 0 atom stereocenters. The minimum atomic E-state index is -3.20. The second kappa shape index (κ2) is 25.8. The molecule has 5 heteroatoms. The third-order valence-corrected chi connectivity index (χ3v) is 10.9. The zero-order chi connectivity index (χ0) is 28.4. The van der Waals surface area contributed by atoms with Gasteiger partial charge in [-0.15, -0.1) is 0 Å². The van der Waals surface area contributed by atoms with E-state index in [0.717, 1.165) is 17.7 Å². The minimum Gasteiger partial charge on any atom is -0.304 e. The number of aryl methyl sites for hydroxylation is 1. The third-order valence-electron chi connectivity index (χ3n) is 8.03. The van der Waals surface area contributed by atoms with E-state index in [9.17, 15) is 9.79 Å². The Morgan fingerprint density at radius 1 is 0.538 bits per heavy atom. The predicted molar refractivity (Wildman–Crippen MR) is 182 cm³/mol. The van der Waals surface area contributed by atoms with Crippen LogP contribution in [0.25, 0.3) is 0 Å². The maximum atomic E-state index is 10.0. The highest BCUT2D eigenvalue weighted by molar-refractivity contribution is 8.62. The molecule has 39 heavy (non-hydrogen) atoms. The van der Waals surface area contributed by atoms with Crippen LogP contribution in [0.15, 0.2) is 23.1 Å². The van der Waals surface area contributed by atoms with Crippen LogP contribution >= 0.6 is 17.9 Å². The Hall–Kier alpha value is 0.140. The standard InChI is InChI=1S/C34H64O2PS2/c1-3-5-7-9-11-13-15-17-19-21-23-25-28-32-29-27-31-34(39-37(35,36)38)33(32)30-26-24-22-20-18-16-14-12-10-8-6-4-2/h27,29,31,35-36,38H,3-26,28,30H2,1-2H3/q+1. The SMILES string of the molecule is CCCCCCCCCCCCCCc1cccc([S+]=P(O)(O)S)c1CCCCCCCCCCCCCC. The maximum absolute atomic E-state index is 10.0. The van der Waals surface area contributed by atoms with E-state index >= 15 is 0 Å². The Bertz CT molecular complexity index is 738. The number of unbranched alkanes of at least 4 members (excludes halogenated alkanes) is 22. The molecule has 0 bridgehead atoms. The summed E-state index contributed by atoms with van der Waals surface area (Å²) in [6.07, 6.45) is 35.0. The number of hydrogen-bond donors (Lipinski definition) is 3. The van der Waals surface area contributed by atoms with Crippen molar-refractivity contribution in [3.8, 4) is 0 Å². The van der Waals surface area contributed by atoms with Crippen LogP contribution in [0.2, 0.25) is 0 Å². The Kier molecular flexibility index (Phi) is 24.6. The summed E-state index contributed by atoms with van der Waals surface area (Å²) in [5.74, 6) is 0. The second-order valence-corrected chi connectivity index (χ2v) is 18.0. The molecule has 0 aliphatic carbocycles. The molecular formula is C34H64O2PS2+. The topological polar surface area (TPSA) is 40.5 Å². The van der Waals surface area contributed by atoms with Crippen LogP contribution in [-0.4, -0.2) is 9.79 Å². The van der Waals surface area contributed by atoms with Gasteiger partial charge in [0, 0.05) is 11.6 Å². The summed E-state index contributed by atoms with van der Waals surface area (Å²) in [6, 6.07) is 6.42. The highest BCUT2D eigenvalue weighted by Crippen LogP contribution is 2.45. The van der Waals surface area contributed by atoms with E-state index in [4.69, 9.17) is 0 Å². The van der Waals surface area contributed by atoms with Gasteiger partial charge in [0.15, 0.2) is 0 Å². The lowest BCUT2D eigenvalue weighted by atomic mass is 9.96. The van der Waals surface area contributed by atoms with E-state index in [0.29, 0.717) is 0 Å². The molecule has 0 fully saturated rings. The summed E-state index contributed by atoms with van der Waals surface area (Å²) in [5.41, 5.74) is -0.441. The van der Waals surface area contributed by atoms with Crippen LogP contribution in [0.4, 0.5) is 0 Å². The Labute approximate surface area is 252 Å². The molecule has 0 radical (unpaired) electrons. The summed E-state index contributed by atoms with van der Waals surface area (Å²) < 4.78 is 0. The van der Waals surface area contributed by atoms with E-state index in [1.807, 2.05) is 0 Å². The molecule has 0 heterocycles. The van der Waals surface area contributed by atoms with Crippen molar-refractivity contribution in [2.45, 2.75) is 186 Å². The van der Waals surface area contributed by atoms with Gasteiger partial charge in [-0.25, -0.2) is 0 Å². The van der Waals surface area contributed by atoms with Crippen molar-refractivity contribution < 1.29 is 9.79 Å². The van der Waals surface area contributed by atoms with Gasteiger partial charge in [-0.3, -0.25) is 0 Å². The largest absolute Gasteiger partial charge is 0.434 e. The summed E-state index contributed by atoms with van der Waals surface area (Å²) in [6.45, 7) is 4.57. The molecule has 2 nitrogen and oxygen atoms in total. The predicted octanol–water partition coefficient (Wildman–Crippen LogP) is 12.2. The fourth-order valence-corrected chi connectivity index (χ4v) is 8.49. The molecule has 0 saturated carbocycles. The summed E-state index contributed by atoms with van der Waals surface area (Å²) >= 11 is 4.08. The highest BCUT2D eigenvalue weighted by Gasteiger charge is 2.23. The van der Waals surface area contributed by atoms with Gasteiger partial charge in [-0.2, -0.15) is 0 Å². The number of hydrogen-bond acceptors (Lipinski definition) is 0. The van der Waals surface area contributed by atoms with Crippen LogP contribution in [0.3, 0.4) is 0 Å². The van der Waals surface area contributed by atoms with E-state index in [1.54, 1.807) is 0 Å². The van der Waals surface area contributed by atoms with Crippen molar-refractivity contribution >= 4 is 28.9 Å². The van der Waals surface area contributed by atoms with E-state index in [1.165, 1.54) is 176 Å². The smallest absolute Gasteiger partial charge is 0.304 e. The van der Waals surface area contributed by atoms with Gasteiger partial charge < -0.3 is 9.79 Å². The molecule has 0 aliphatic heterocycles. The lowest BCUT2D eigenvalue weighted by Crippen LogP contribution is -1.99. The van der Waals surface area contributed by atoms with Gasteiger partial charge in [0.1, 0.15) is 0 Å². The molecule has 2 N–H and O–H groups in total. The number of rotatable bonds is 27. The van der Waals surface area contributed by atoms with Gasteiger partial charge in [-0.05, 0) is 43.5 Å². The summed E-state index contributed by atoms with van der Waals surface area (Å²) in [4.78, 5) is 21.1. The van der Waals surface area contributed by atoms with E-state index < -0.39 is 5.69 Å². The summed E-state index contributed by atoms with van der Waals surface area (Å²) in [5, 5.41) is 0. The molecule has 0 saturated heterocycles. The first-order chi connectivity index (χ1) is 19.0. The van der Waals surface area contributed by atoms with Crippen molar-refractivity contribution in [1.82, 2.24) is 0 Å². The Balaban J connectivity index is 2.33. The molecule has 0 aliphatic rings. The molecule has 0 unspecified atom stereocenters. The van der Waals surface area contributed by atoms with Crippen molar-refractivity contribution in [2.75, 3.05) is 0 Å². The normalized spacial score (nSPS) is 11.8. The zero-order valence-corrected chi connectivity index (χ0v) is 28.4. The molecule has 0 amide bonds. The van der Waals surface area contributed by atoms with Crippen LogP contribution in [0.1, 0.15) is 179 Å². The first-order valence-corrected chi connectivity index (χ1v) is 21.1. The van der Waals surface area contributed by atoms with Crippen molar-refractivity contribution in [3.63, 3.8) is 0 Å². The number of thiol groups is 1. The number of benzene rings is 1. The first-order valence-electron chi connectivity index (χ1n) is 16.9. The maximum Gasteiger partial charge on any atom is 0.434 e. The third kappa shape index (κ3) is 22.4. The van der Waals surface area contributed by atoms with E-state index in [-0.39, 0.29) is 0 Å². The quantitative estimate of drug-likeness (QED) is 0.0407. The van der Waals surface area contributed by atoms with Crippen molar-refractivity contribution in [1.29, 1.82) is 0 Å². The van der Waals surface area contributed by atoms with Gasteiger partial charge in [-0.1, -0.05) is 167 Å². The Morgan fingerprint density at radius 3 is 1.28 bits per heavy atom. The van der Waals surface area contributed by atoms with Crippen LogP contribution < -0.4 is 0 Å². The van der Waals surface area contributed by atoms with Gasteiger partial charge in [0.25, 0.3) is 10.9 Å². The zero-order valence-electron chi connectivity index (χ0n) is 25.8. The molecule has 0 aromatic heterocycles. The fourth-order valence-electron chi connectivity index (χ4n) is 5.65. The van der Waals surface area contributed by atoms with Gasteiger partial charge in [0.05, 0.1) is 0 Å². The van der Waals surface area contributed by atoms with Crippen LogP contribution in [0.5, 0.6) is 0 Å². The first kappa shape index (κ1) is 37.2.